The first-order chi connectivity index (χ1) is 16.8. The second-order valence-corrected chi connectivity index (χ2v) is 10.5. The number of nitrogens with zero attached hydrogens (tertiary/aromatic N) is 2. The van der Waals surface area contributed by atoms with Gasteiger partial charge in [0.15, 0.2) is 0 Å². The van der Waals surface area contributed by atoms with Crippen molar-refractivity contribution in [2.45, 2.75) is 18.2 Å². The van der Waals surface area contributed by atoms with E-state index in [1.165, 1.54) is 35.8 Å². The number of rotatable bonds is 6. The normalized spacial score (nSPS) is 21.5. The molecule has 2 aromatic rings. The molecule has 0 saturated heterocycles. The van der Waals surface area contributed by atoms with Crippen molar-refractivity contribution in [3.8, 4) is 0 Å². The zero-order chi connectivity index (χ0) is 25.6. The lowest BCUT2D eigenvalue weighted by Gasteiger charge is -2.45. The summed E-state index contributed by atoms with van der Waals surface area (Å²) in [5.41, 5.74) is 6.47. The number of methoxy groups -OCH3 is 2. The highest BCUT2D eigenvalue weighted by Gasteiger charge is 2.55. The first kappa shape index (κ1) is 27.6. The van der Waals surface area contributed by atoms with E-state index in [0.29, 0.717) is 40.3 Å². The van der Waals surface area contributed by atoms with Crippen LogP contribution in [0.5, 0.6) is 0 Å². The number of hydrogen-bond donors (Lipinski definition) is 1. The van der Waals surface area contributed by atoms with Gasteiger partial charge in [0.05, 0.1) is 13.2 Å². The molecule has 1 amide bonds. The van der Waals surface area contributed by atoms with Crippen LogP contribution in [0.2, 0.25) is 0 Å². The monoisotopic (exact) mass is 527 g/mol. The zero-order valence-corrected chi connectivity index (χ0v) is 21.6. The van der Waals surface area contributed by atoms with Gasteiger partial charge in [-0.25, -0.2) is 18.2 Å². The topological polar surface area (TPSA) is 77.2 Å². The van der Waals surface area contributed by atoms with E-state index < -0.39 is 22.3 Å². The van der Waals surface area contributed by atoms with Crippen LogP contribution in [0, 0.1) is 23.4 Å². The summed E-state index contributed by atoms with van der Waals surface area (Å²) in [5, 5.41) is 6.83. The largest absolute Gasteiger partial charge is 0.382 e. The molecule has 0 radical (unpaired) electrons. The highest BCUT2D eigenvalue weighted by Crippen LogP contribution is 2.56. The Morgan fingerprint density at radius 1 is 1.17 bits per heavy atom. The van der Waals surface area contributed by atoms with E-state index in [2.05, 4.69) is 14.6 Å². The Labute approximate surface area is 209 Å². The average molecular weight is 528 g/mol. The third-order valence-corrected chi connectivity index (χ3v) is 8.73. The molecule has 0 aromatic heterocycles. The Morgan fingerprint density at radius 3 is 2.46 bits per heavy atom. The van der Waals surface area contributed by atoms with E-state index in [0.717, 1.165) is 29.7 Å². The number of carbonyl (C=O) groups excluding carboxylic acids is 1. The molecule has 35 heavy (non-hydrogen) atoms. The van der Waals surface area contributed by atoms with Gasteiger partial charge < -0.3 is 15.2 Å². The summed E-state index contributed by atoms with van der Waals surface area (Å²) in [4.78, 5) is 11.6. The van der Waals surface area contributed by atoms with Gasteiger partial charge in [-0.15, -0.1) is 0 Å². The van der Waals surface area contributed by atoms with Crippen molar-refractivity contribution in [2.75, 3.05) is 40.1 Å². The predicted molar refractivity (Wildman–Crippen MR) is 135 cm³/mol. The third kappa shape index (κ3) is 5.89. The summed E-state index contributed by atoms with van der Waals surface area (Å²) in [7, 11) is 3.74. The number of hydrogen-bond acceptors (Lipinski definition) is 6. The Kier molecular flexibility index (Phi) is 9.72. The summed E-state index contributed by atoms with van der Waals surface area (Å²) in [6.45, 7) is 3.14. The summed E-state index contributed by atoms with van der Waals surface area (Å²) in [6.07, 6.45) is 1.34. The molecule has 0 fully saturated rings. The van der Waals surface area contributed by atoms with Crippen LogP contribution in [-0.4, -0.2) is 56.1 Å². The van der Waals surface area contributed by atoms with Gasteiger partial charge >= 0.3 is 0 Å². The van der Waals surface area contributed by atoms with E-state index in [4.69, 9.17) is 5.73 Å². The lowest BCUT2D eigenvalue weighted by Crippen LogP contribution is -2.51. The molecule has 11 heteroatoms. The van der Waals surface area contributed by atoms with Gasteiger partial charge in [0.25, 0.3) is 0 Å². The highest BCUT2D eigenvalue weighted by molar-refractivity contribution is 8.15. The van der Waals surface area contributed by atoms with Crippen LogP contribution >= 0.6 is 20.3 Å². The smallest absolute Gasteiger partial charge is 0.241 e. The summed E-state index contributed by atoms with van der Waals surface area (Å²) in [6, 6.07) is 7.67. The molecule has 2 heterocycles. The summed E-state index contributed by atoms with van der Waals surface area (Å²) >= 11 is 1.18. The Hall–Kier alpha value is -1.97. The lowest BCUT2D eigenvalue weighted by molar-refractivity contribution is -0.133. The number of fused-ring (bicyclic) bond motifs is 2. The van der Waals surface area contributed by atoms with Gasteiger partial charge in [-0.1, -0.05) is 26.4 Å². The van der Waals surface area contributed by atoms with Crippen molar-refractivity contribution in [3.63, 3.8) is 0 Å². The Balaban J connectivity index is 0.000000509. The number of hydrazone groups is 1. The van der Waals surface area contributed by atoms with Crippen molar-refractivity contribution < 1.29 is 27.4 Å². The number of carbonyl (C=O) groups is 1. The summed E-state index contributed by atoms with van der Waals surface area (Å²) < 4.78 is 51.8. The van der Waals surface area contributed by atoms with E-state index >= 15 is 0 Å². The zero-order valence-electron chi connectivity index (χ0n) is 19.8. The van der Waals surface area contributed by atoms with Crippen LogP contribution in [0.15, 0.2) is 41.5 Å². The number of nitrogens with two attached hydrogens (primary N) is 1. The van der Waals surface area contributed by atoms with E-state index in [1.54, 1.807) is 20.3 Å². The molecule has 0 bridgehead atoms. The van der Waals surface area contributed by atoms with Crippen LogP contribution in [0.4, 0.5) is 13.2 Å². The SMILES string of the molecule is CC(=O)N1N=C(c2cc(F)ccc2F)SC12c1cc(F)ccc1PC[C@@H]2CCN.COCCOC. The maximum atomic E-state index is 14.5. The van der Waals surface area contributed by atoms with Crippen LogP contribution in [0.25, 0.3) is 0 Å². The molecule has 2 aliphatic rings. The minimum absolute atomic E-state index is 0.0180. The minimum Gasteiger partial charge on any atom is -0.382 e. The minimum atomic E-state index is -1.04. The number of benzene rings is 2. The highest BCUT2D eigenvalue weighted by atomic mass is 32.2. The van der Waals surface area contributed by atoms with E-state index in [9.17, 15) is 18.0 Å². The van der Waals surface area contributed by atoms with Crippen LogP contribution in [0.1, 0.15) is 24.5 Å². The van der Waals surface area contributed by atoms with Gasteiger partial charge in [-0.2, -0.15) is 5.10 Å². The van der Waals surface area contributed by atoms with Crippen molar-refractivity contribution >= 4 is 36.6 Å². The average Bonchev–Trinajstić information content (AvgIpc) is 3.23. The van der Waals surface area contributed by atoms with Crippen LogP contribution in [-0.2, 0) is 19.1 Å². The molecule has 2 aromatic carbocycles. The molecule has 2 aliphatic heterocycles. The summed E-state index contributed by atoms with van der Waals surface area (Å²) in [5.74, 6) is -2.12. The molecule has 190 valence electrons. The third-order valence-electron chi connectivity index (χ3n) is 5.68. The van der Waals surface area contributed by atoms with Crippen LogP contribution < -0.4 is 11.0 Å². The standard InChI is InChI=1S/C20H19F3N3OPS.C4H10O2/c1-11(27)26-20(29-19(25-26)15-8-13(21)2-4-17(15)23)12(6-7-24)10-28-18-5-3-14(22)9-16(18)20;1-5-3-4-6-2/h2-5,8-9,12,28H,6-7,10,24H2,1H3;3-4H2,1-2H3/t12-,20?;/m0./s1. The number of amides is 1. The first-order valence-electron chi connectivity index (χ1n) is 11.0. The molecule has 2 unspecified atom stereocenters. The predicted octanol–water partition coefficient (Wildman–Crippen LogP) is 3.78. The number of thioether (sulfide) groups is 1. The fourth-order valence-electron chi connectivity index (χ4n) is 4.10. The van der Waals surface area contributed by atoms with Gasteiger partial charge in [0.2, 0.25) is 5.91 Å². The second kappa shape index (κ2) is 12.3. The Bertz CT molecular complexity index is 1090. The van der Waals surface area contributed by atoms with Crippen molar-refractivity contribution in [3.05, 3.63) is 65.0 Å². The molecule has 6 nitrogen and oxygen atoms in total. The van der Waals surface area contributed by atoms with Crippen LogP contribution in [0.3, 0.4) is 0 Å². The van der Waals surface area contributed by atoms with Crippen molar-refractivity contribution in [1.29, 1.82) is 0 Å². The number of halogens is 3. The van der Waals surface area contributed by atoms with E-state index in [1.807, 2.05) is 0 Å². The maximum absolute atomic E-state index is 14.5. The molecule has 4 rings (SSSR count). The quantitative estimate of drug-likeness (QED) is 0.457. The molecule has 2 N–H and O–H groups in total. The van der Waals surface area contributed by atoms with Gasteiger partial charge in [-0.3, -0.25) is 4.79 Å². The fraction of sp³-hybridized carbons (Fsp3) is 0.417. The number of ether oxygens (including phenoxy) is 2. The molecule has 0 saturated carbocycles. The first-order valence-corrected chi connectivity index (χ1v) is 13.1. The fourth-order valence-corrected chi connectivity index (χ4v) is 7.54. The molecule has 3 atom stereocenters. The molecular weight excluding hydrogens is 498 g/mol. The molecule has 1 spiro atoms. The Morgan fingerprint density at radius 2 is 1.83 bits per heavy atom. The van der Waals surface area contributed by atoms with Crippen molar-refractivity contribution in [2.24, 2.45) is 16.8 Å². The van der Waals surface area contributed by atoms with Crippen molar-refractivity contribution in [1.82, 2.24) is 5.01 Å². The van der Waals surface area contributed by atoms with Gasteiger partial charge in [0.1, 0.15) is 27.4 Å². The molecular formula is C24H29F3N3O3PS. The molecule has 0 aliphatic carbocycles. The lowest BCUT2D eigenvalue weighted by atomic mass is 9.89. The maximum Gasteiger partial charge on any atom is 0.241 e. The van der Waals surface area contributed by atoms with Gasteiger partial charge in [0, 0.05) is 38.2 Å². The second-order valence-electron chi connectivity index (χ2n) is 7.99. The van der Waals surface area contributed by atoms with Gasteiger partial charge in [-0.05, 0) is 54.8 Å². The van der Waals surface area contributed by atoms with E-state index in [-0.39, 0.29) is 22.4 Å².